The topological polar surface area (TPSA) is 103 Å². The molecule has 0 aliphatic heterocycles. The molecule has 4 rings (SSSR count). The van der Waals surface area contributed by atoms with Crippen LogP contribution in [0.3, 0.4) is 0 Å². The number of hydrogen-bond donors (Lipinski definition) is 3. The van der Waals surface area contributed by atoms with Gasteiger partial charge in [-0.3, -0.25) is 4.79 Å². The first-order valence-electron chi connectivity index (χ1n) is 12.1. The number of carbonyl (C=O) groups excluding carboxylic acids is 2. The summed E-state index contributed by atoms with van der Waals surface area (Å²) in [5, 5.41) is 5.51. The fourth-order valence-electron chi connectivity index (χ4n) is 4.64. The van der Waals surface area contributed by atoms with Crippen molar-refractivity contribution in [3.8, 4) is 11.5 Å². The van der Waals surface area contributed by atoms with Crippen LogP contribution >= 0.6 is 0 Å². The van der Waals surface area contributed by atoms with E-state index in [1.165, 1.54) is 26.4 Å². The smallest absolute Gasteiger partial charge is 0.316 e. The van der Waals surface area contributed by atoms with E-state index >= 15 is 0 Å². The van der Waals surface area contributed by atoms with Crippen LogP contribution in [0.25, 0.3) is 17.2 Å². The number of nitrogens with one attached hydrogen (secondary N) is 2. The van der Waals surface area contributed by atoms with Crippen molar-refractivity contribution in [2.45, 2.75) is 26.8 Å². The number of ether oxygens (including phenoxy) is 2. The Morgan fingerprint density at radius 2 is 1.66 bits per heavy atom. The van der Waals surface area contributed by atoms with Crippen molar-refractivity contribution < 1.29 is 23.5 Å². The quantitative estimate of drug-likeness (QED) is 0.359. The molecule has 0 atom stereocenters. The number of halogens is 1. The van der Waals surface area contributed by atoms with Gasteiger partial charge in [0, 0.05) is 6.54 Å². The lowest BCUT2D eigenvalue weighted by atomic mass is 10.00. The summed E-state index contributed by atoms with van der Waals surface area (Å²) in [6.07, 6.45) is 2.03. The molecule has 7 nitrogen and oxygen atoms in total. The molecule has 1 aliphatic carbocycles. The number of rotatable bonds is 8. The number of anilines is 1. The molecule has 0 bridgehead atoms. The first kappa shape index (κ1) is 26.5. The molecule has 3 aromatic rings. The summed E-state index contributed by atoms with van der Waals surface area (Å²) in [4.78, 5) is 24.4. The van der Waals surface area contributed by atoms with E-state index in [1.807, 2.05) is 44.2 Å². The molecule has 196 valence electrons. The second kappa shape index (κ2) is 11.2. The van der Waals surface area contributed by atoms with Gasteiger partial charge in [-0.1, -0.05) is 30.3 Å². The Labute approximate surface area is 221 Å². The summed E-state index contributed by atoms with van der Waals surface area (Å²) < 4.78 is 25.2. The number of hydrogen-bond acceptors (Lipinski definition) is 4. The number of carbonyl (C=O) groups is 2. The summed E-state index contributed by atoms with van der Waals surface area (Å²) in [5.74, 6) is 0.208. The van der Waals surface area contributed by atoms with Gasteiger partial charge in [-0.2, -0.15) is 0 Å². The highest BCUT2D eigenvalue weighted by molar-refractivity contribution is 6.08. The van der Waals surface area contributed by atoms with E-state index in [-0.39, 0.29) is 18.1 Å². The zero-order chi connectivity index (χ0) is 27.4. The van der Waals surface area contributed by atoms with Crippen molar-refractivity contribution in [1.29, 1.82) is 0 Å². The van der Waals surface area contributed by atoms with Crippen LogP contribution < -0.4 is 25.8 Å². The molecule has 0 fully saturated rings. The maximum atomic E-state index is 14.3. The SMILES string of the molecule is COc1cc(/C=C2/C(C)=C(CC(=O)NCc3ccccc3C)c3cc(F)ccc32)cc(OC)c1NC(N)=O. The van der Waals surface area contributed by atoms with Gasteiger partial charge in [-0.05, 0) is 88.7 Å². The predicted molar refractivity (Wildman–Crippen MR) is 147 cm³/mol. The minimum atomic E-state index is -0.747. The molecule has 3 aromatic carbocycles. The third-order valence-corrected chi connectivity index (χ3v) is 6.62. The highest BCUT2D eigenvalue weighted by Crippen LogP contribution is 2.45. The molecule has 0 saturated carbocycles. The molecular formula is C30H30FN3O4. The molecule has 0 unspecified atom stereocenters. The summed E-state index contributed by atoms with van der Waals surface area (Å²) in [7, 11) is 2.95. The van der Waals surface area contributed by atoms with Crippen molar-refractivity contribution >= 4 is 34.8 Å². The van der Waals surface area contributed by atoms with Crippen molar-refractivity contribution in [3.05, 3.63) is 93.8 Å². The van der Waals surface area contributed by atoms with Crippen molar-refractivity contribution in [2.24, 2.45) is 5.73 Å². The second-order valence-corrected chi connectivity index (χ2v) is 9.02. The lowest BCUT2D eigenvalue weighted by Crippen LogP contribution is -2.23. The molecule has 0 saturated heterocycles. The Hall–Kier alpha value is -4.59. The number of methoxy groups -OCH3 is 2. The van der Waals surface area contributed by atoms with E-state index in [2.05, 4.69) is 10.6 Å². The third kappa shape index (κ3) is 5.54. The summed E-state index contributed by atoms with van der Waals surface area (Å²) >= 11 is 0. The van der Waals surface area contributed by atoms with Crippen LogP contribution in [0.5, 0.6) is 11.5 Å². The van der Waals surface area contributed by atoms with Crippen LogP contribution in [0.15, 0.2) is 60.2 Å². The number of benzene rings is 3. The molecule has 0 spiro atoms. The van der Waals surface area contributed by atoms with E-state index < -0.39 is 6.03 Å². The number of fused-ring (bicyclic) bond motifs is 1. The lowest BCUT2D eigenvalue weighted by molar-refractivity contribution is -0.120. The van der Waals surface area contributed by atoms with E-state index in [0.29, 0.717) is 29.3 Å². The highest BCUT2D eigenvalue weighted by Gasteiger charge is 2.26. The molecule has 4 N–H and O–H groups in total. The molecule has 38 heavy (non-hydrogen) atoms. The minimum Gasteiger partial charge on any atom is -0.494 e. The molecule has 1 aliphatic rings. The number of amides is 3. The summed E-state index contributed by atoms with van der Waals surface area (Å²) in [6.45, 7) is 4.34. The van der Waals surface area contributed by atoms with E-state index in [1.54, 1.807) is 18.2 Å². The van der Waals surface area contributed by atoms with Gasteiger partial charge in [0.2, 0.25) is 5.91 Å². The van der Waals surface area contributed by atoms with Gasteiger partial charge in [-0.25, -0.2) is 9.18 Å². The van der Waals surface area contributed by atoms with Crippen LogP contribution in [-0.4, -0.2) is 26.2 Å². The average Bonchev–Trinajstić information content (AvgIpc) is 3.13. The maximum Gasteiger partial charge on any atom is 0.316 e. The third-order valence-electron chi connectivity index (χ3n) is 6.62. The average molecular weight is 516 g/mol. The predicted octanol–water partition coefficient (Wildman–Crippen LogP) is 5.68. The van der Waals surface area contributed by atoms with Gasteiger partial charge in [-0.15, -0.1) is 0 Å². The second-order valence-electron chi connectivity index (χ2n) is 9.02. The van der Waals surface area contributed by atoms with Crippen molar-refractivity contribution in [3.63, 3.8) is 0 Å². The molecule has 0 radical (unpaired) electrons. The molecular weight excluding hydrogens is 485 g/mol. The van der Waals surface area contributed by atoms with Gasteiger partial charge < -0.3 is 25.8 Å². The Morgan fingerprint density at radius 3 is 2.29 bits per heavy atom. The van der Waals surface area contributed by atoms with Crippen molar-refractivity contribution in [2.75, 3.05) is 19.5 Å². The van der Waals surface area contributed by atoms with Gasteiger partial charge >= 0.3 is 6.03 Å². The van der Waals surface area contributed by atoms with Crippen LogP contribution in [0.4, 0.5) is 14.9 Å². The highest BCUT2D eigenvalue weighted by atomic mass is 19.1. The molecule has 8 heteroatoms. The summed E-state index contributed by atoms with van der Waals surface area (Å²) in [5.41, 5.74) is 12.5. The first-order valence-corrected chi connectivity index (χ1v) is 12.1. The first-order chi connectivity index (χ1) is 18.2. The molecule has 0 heterocycles. The fourth-order valence-corrected chi connectivity index (χ4v) is 4.64. The van der Waals surface area contributed by atoms with Crippen LogP contribution in [0, 0.1) is 12.7 Å². The normalized spacial score (nSPS) is 13.3. The lowest BCUT2D eigenvalue weighted by Gasteiger charge is -2.15. The largest absolute Gasteiger partial charge is 0.494 e. The van der Waals surface area contributed by atoms with Crippen LogP contribution in [0.2, 0.25) is 0 Å². The van der Waals surface area contributed by atoms with Gasteiger partial charge in [0.25, 0.3) is 0 Å². The molecule has 3 amide bonds. The van der Waals surface area contributed by atoms with E-state index in [4.69, 9.17) is 15.2 Å². The summed E-state index contributed by atoms with van der Waals surface area (Å²) in [6, 6.07) is 15.2. The van der Waals surface area contributed by atoms with Crippen LogP contribution in [-0.2, 0) is 11.3 Å². The monoisotopic (exact) mass is 515 g/mol. The number of aryl methyl sites for hydroxylation is 1. The van der Waals surface area contributed by atoms with E-state index in [9.17, 15) is 14.0 Å². The Balaban J connectivity index is 1.69. The van der Waals surface area contributed by atoms with E-state index in [0.717, 1.165) is 39.0 Å². The van der Waals surface area contributed by atoms with Gasteiger partial charge in [0.15, 0.2) is 0 Å². The zero-order valence-corrected chi connectivity index (χ0v) is 21.8. The zero-order valence-electron chi connectivity index (χ0n) is 21.8. The van der Waals surface area contributed by atoms with Gasteiger partial charge in [0.1, 0.15) is 23.0 Å². The number of primary amides is 1. The standard InChI is InChI=1S/C30H30FN3O4/c1-17-7-5-6-8-20(17)16-33-28(35)15-24-18(2)23(22-10-9-21(31)14-25(22)24)11-19-12-26(37-3)29(34-30(32)36)27(13-19)38-4/h5-14H,15-16H2,1-4H3,(H,33,35)(H3,32,34,36)/b23-11-. The Morgan fingerprint density at radius 1 is 0.974 bits per heavy atom. The van der Waals surface area contributed by atoms with Crippen molar-refractivity contribution in [1.82, 2.24) is 5.32 Å². The Bertz CT molecular complexity index is 1450. The maximum absolute atomic E-state index is 14.3. The number of nitrogens with two attached hydrogens (primary N) is 1. The minimum absolute atomic E-state index is 0.111. The fraction of sp³-hybridized carbons (Fsp3) is 0.200. The van der Waals surface area contributed by atoms with Gasteiger partial charge in [0.05, 0.1) is 20.6 Å². The number of allylic oxidation sites excluding steroid dienone is 2. The Kier molecular flexibility index (Phi) is 7.81. The number of urea groups is 1. The van der Waals surface area contributed by atoms with Crippen LogP contribution in [0.1, 0.15) is 41.2 Å². The molecule has 0 aromatic heterocycles.